The van der Waals surface area contributed by atoms with Gasteiger partial charge in [-0.15, -0.1) is 0 Å². The molecule has 7 nitrogen and oxygen atoms in total. The van der Waals surface area contributed by atoms with Gasteiger partial charge in [-0.3, -0.25) is 14.8 Å². The number of nitrogens with zero attached hydrogens (tertiary/aromatic N) is 2. The van der Waals surface area contributed by atoms with Crippen LogP contribution in [0.2, 0.25) is 0 Å². The third-order valence-corrected chi connectivity index (χ3v) is 4.14. The number of rotatable bonds is 6. The Morgan fingerprint density at radius 1 is 0.926 bits per heavy atom. The minimum absolute atomic E-state index is 0.175. The number of nitrogens with one attached hydrogen (secondary N) is 2. The smallest absolute Gasteiger partial charge is 0.253 e. The van der Waals surface area contributed by atoms with Crippen molar-refractivity contribution < 1.29 is 14.3 Å². The summed E-state index contributed by atoms with van der Waals surface area (Å²) in [5.41, 5.74) is 3.30. The summed E-state index contributed by atoms with van der Waals surface area (Å²) < 4.78 is 10.7. The average Bonchev–Trinajstić information content (AvgIpc) is 3.19. The van der Waals surface area contributed by atoms with Gasteiger partial charge < -0.3 is 20.1 Å². The van der Waals surface area contributed by atoms with E-state index in [2.05, 4.69) is 20.6 Å². The summed E-state index contributed by atoms with van der Waals surface area (Å²) in [4.78, 5) is 20.5. The highest BCUT2D eigenvalue weighted by molar-refractivity contribution is 5.94. The van der Waals surface area contributed by atoms with E-state index in [1.165, 1.54) is 0 Å². The first-order valence-electron chi connectivity index (χ1n) is 8.52. The van der Waals surface area contributed by atoms with Crippen LogP contribution in [0.4, 0.5) is 5.69 Å². The molecule has 3 heterocycles. The molecule has 0 bridgehead atoms. The zero-order chi connectivity index (χ0) is 18.5. The van der Waals surface area contributed by atoms with Gasteiger partial charge in [0.25, 0.3) is 5.91 Å². The van der Waals surface area contributed by atoms with Gasteiger partial charge in [-0.2, -0.15) is 0 Å². The third kappa shape index (κ3) is 4.14. The molecule has 0 saturated carbocycles. The summed E-state index contributed by atoms with van der Waals surface area (Å²) in [6.07, 6.45) is 6.63. The molecule has 0 aliphatic carbocycles. The summed E-state index contributed by atoms with van der Waals surface area (Å²) in [6, 6.07) is 11.3. The lowest BCUT2D eigenvalue weighted by atomic mass is 10.2. The van der Waals surface area contributed by atoms with Crippen molar-refractivity contribution in [3.8, 4) is 11.5 Å². The summed E-state index contributed by atoms with van der Waals surface area (Å²) in [7, 11) is 0. The number of carbonyl (C=O) groups excluding carboxylic acids is 1. The molecule has 0 unspecified atom stereocenters. The first-order valence-corrected chi connectivity index (χ1v) is 8.52. The molecule has 1 aromatic carbocycles. The molecule has 1 aliphatic heterocycles. The molecule has 0 radical (unpaired) electrons. The van der Waals surface area contributed by atoms with Crippen molar-refractivity contribution in [3.63, 3.8) is 0 Å². The van der Waals surface area contributed by atoms with Crippen molar-refractivity contribution in [1.29, 1.82) is 0 Å². The Labute approximate surface area is 156 Å². The zero-order valence-electron chi connectivity index (χ0n) is 14.5. The van der Waals surface area contributed by atoms with E-state index >= 15 is 0 Å². The largest absolute Gasteiger partial charge is 0.454 e. The molecule has 7 heteroatoms. The normalized spacial score (nSPS) is 11.9. The molecule has 136 valence electrons. The summed E-state index contributed by atoms with van der Waals surface area (Å²) in [6.45, 7) is 1.28. The molecule has 3 aromatic rings. The fraction of sp³-hybridized carbons (Fsp3) is 0.150. The third-order valence-electron chi connectivity index (χ3n) is 4.14. The van der Waals surface area contributed by atoms with Gasteiger partial charge in [0, 0.05) is 37.9 Å². The maximum absolute atomic E-state index is 12.3. The number of carbonyl (C=O) groups is 1. The molecular formula is C20H18N4O3. The van der Waals surface area contributed by atoms with E-state index in [1.807, 2.05) is 30.3 Å². The van der Waals surface area contributed by atoms with Gasteiger partial charge in [-0.05, 0) is 41.5 Å². The number of amides is 1. The molecule has 27 heavy (non-hydrogen) atoms. The number of benzene rings is 1. The Morgan fingerprint density at radius 3 is 2.67 bits per heavy atom. The summed E-state index contributed by atoms with van der Waals surface area (Å²) >= 11 is 0. The van der Waals surface area contributed by atoms with Crippen LogP contribution in [0.5, 0.6) is 11.5 Å². The highest BCUT2D eigenvalue weighted by Gasteiger charge is 2.13. The van der Waals surface area contributed by atoms with Crippen LogP contribution < -0.4 is 20.1 Å². The zero-order valence-corrected chi connectivity index (χ0v) is 14.5. The Balaban J connectivity index is 1.36. The first-order chi connectivity index (χ1) is 13.3. The Morgan fingerprint density at radius 2 is 1.78 bits per heavy atom. The van der Waals surface area contributed by atoms with E-state index in [1.54, 1.807) is 30.9 Å². The number of anilines is 1. The van der Waals surface area contributed by atoms with E-state index in [-0.39, 0.29) is 12.7 Å². The minimum atomic E-state index is -0.175. The van der Waals surface area contributed by atoms with E-state index in [0.717, 1.165) is 28.3 Å². The van der Waals surface area contributed by atoms with Gasteiger partial charge in [0.15, 0.2) is 11.5 Å². The van der Waals surface area contributed by atoms with E-state index in [0.29, 0.717) is 18.7 Å². The lowest BCUT2D eigenvalue weighted by Crippen LogP contribution is -2.23. The van der Waals surface area contributed by atoms with Crippen LogP contribution in [-0.2, 0) is 13.1 Å². The summed E-state index contributed by atoms with van der Waals surface area (Å²) in [5.74, 6) is 1.33. The maximum Gasteiger partial charge on any atom is 0.253 e. The van der Waals surface area contributed by atoms with Crippen LogP contribution in [0.1, 0.15) is 21.5 Å². The Hall–Kier alpha value is -3.61. The molecule has 1 aliphatic rings. The van der Waals surface area contributed by atoms with Gasteiger partial charge in [0.1, 0.15) is 0 Å². The van der Waals surface area contributed by atoms with Crippen molar-refractivity contribution >= 4 is 11.6 Å². The number of hydrogen-bond donors (Lipinski definition) is 2. The highest BCUT2D eigenvalue weighted by atomic mass is 16.7. The predicted octanol–water partition coefficient (Wildman–Crippen LogP) is 2.75. The molecule has 2 N–H and O–H groups in total. The van der Waals surface area contributed by atoms with Crippen molar-refractivity contribution in [2.24, 2.45) is 0 Å². The van der Waals surface area contributed by atoms with Crippen LogP contribution in [0.15, 0.2) is 61.2 Å². The first kappa shape index (κ1) is 16.8. The molecule has 0 fully saturated rings. The fourth-order valence-electron chi connectivity index (χ4n) is 2.70. The number of aromatic nitrogens is 2. The number of fused-ring (bicyclic) bond motifs is 1. The van der Waals surface area contributed by atoms with Crippen LogP contribution in [0, 0.1) is 0 Å². The second-order valence-corrected chi connectivity index (χ2v) is 6.04. The second-order valence-electron chi connectivity index (χ2n) is 6.04. The monoisotopic (exact) mass is 362 g/mol. The average molecular weight is 362 g/mol. The molecule has 1 amide bonds. The lowest BCUT2D eigenvalue weighted by Gasteiger charge is -2.09. The Bertz CT molecular complexity index is 947. The topological polar surface area (TPSA) is 85.4 Å². The van der Waals surface area contributed by atoms with E-state index < -0.39 is 0 Å². The number of hydrogen-bond acceptors (Lipinski definition) is 6. The number of pyridine rings is 2. The lowest BCUT2D eigenvalue weighted by molar-refractivity contribution is 0.0950. The molecule has 0 atom stereocenters. The predicted molar refractivity (Wildman–Crippen MR) is 99.5 cm³/mol. The second kappa shape index (κ2) is 7.74. The molecular weight excluding hydrogens is 344 g/mol. The van der Waals surface area contributed by atoms with Crippen molar-refractivity contribution in [1.82, 2.24) is 15.3 Å². The fourth-order valence-corrected chi connectivity index (χ4v) is 2.70. The summed E-state index contributed by atoms with van der Waals surface area (Å²) in [5, 5.41) is 6.15. The van der Waals surface area contributed by atoms with Gasteiger partial charge in [0.2, 0.25) is 6.79 Å². The number of ether oxygens (including phenoxy) is 2. The maximum atomic E-state index is 12.3. The minimum Gasteiger partial charge on any atom is -0.454 e. The molecule has 0 saturated heterocycles. The van der Waals surface area contributed by atoms with Gasteiger partial charge >= 0.3 is 0 Å². The Kier molecular flexibility index (Phi) is 4.82. The van der Waals surface area contributed by atoms with Crippen molar-refractivity contribution in [2.45, 2.75) is 13.1 Å². The van der Waals surface area contributed by atoms with Crippen molar-refractivity contribution in [2.75, 3.05) is 12.1 Å². The van der Waals surface area contributed by atoms with Gasteiger partial charge in [0.05, 0.1) is 11.3 Å². The van der Waals surface area contributed by atoms with E-state index in [4.69, 9.17) is 9.47 Å². The highest BCUT2D eigenvalue weighted by Crippen LogP contribution is 2.32. The van der Waals surface area contributed by atoms with Crippen LogP contribution in [0.25, 0.3) is 0 Å². The van der Waals surface area contributed by atoms with Gasteiger partial charge in [-0.1, -0.05) is 6.07 Å². The van der Waals surface area contributed by atoms with Crippen LogP contribution >= 0.6 is 0 Å². The molecule has 2 aromatic heterocycles. The molecule has 4 rings (SSSR count). The van der Waals surface area contributed by atoms with Crippen molar-refractivity contribution in [3.05, 3.63) is 77.9 Å². The van der Waals surface area contributed by atoms with Gasteiger partial charge in [-0.25, -0.2) is 0 Å². The molecule has 0 spiro atoms. The quantitative estimate of drug-likeness (QED) is 0.701. The van der Waals surface area contributed by atoms with Crippen LogP contribution in [-0.4, -0.2) is 22.7 Å². The standard InChI is InChI=1S/C20H18N4O3/c25-20(24-9-14-3-5-21-6-4-14)16-8-17(12-22-11-16)23-10-15-1-2-18-19(7-15)27-13-26-18/h1-8,11-12,23H,9-10,13H2,(H,24,25). The van der Waals surface area contributed by atoms with E-state index in [9.17, 15) is 4.79 Å². The van der Waals surface area contributed by atoms with Crippen LogP contribution in [0.3, 0.4) is 0 Å². The SMILES string of the molecule is O=C(NCc1ccncc1)c1cncc(NCc2ccc3c(c2)OCO3)c1.